The number of hydrogen-bond acceptors (Lipinski definition) is 4. The second kappa shape index (κ2) is 6.59. The lowest BCUT2D eigenvalue weighted by molar-refractivity contribution is -0.150. The summed E-state index contributed by atoms with van der Waals surface area (Å²) in [5.41, 5.74) is 0. The molecule has 0 saturated carbocycles. The average molecular weight is 242 g/mol. The van der Waals surface area contributed by atoms with Gasteiger partial charge in [0.15, 0.2) is 0 Å². The van der Waals surface area contributed by atoms with Crippen LogP contribution in [-0.4, -0.2) is 50.1 Å². The van der Waals surface area contributed by atoms with Gasteiger partial charge in [-0.3, -0.25) is 9.59 Å². The molecule has 1 aliphatic heterocycles. The first-order valence-corrected chi connectivity index (χ1v) is 6.15. The number of rotatable bonds is 4. The standard InChI is InChI=1S/C12H22N2O3/c1-4-10(12(16)17-3)11(15)13-9-5-7-14(2)8-6-9/h9-10H,4-8H2,1-3H3,(H,13,15). The highest BCUT2D eigenvalue weighted by Gasteiger charge is 2.28. The Morgan fingerprint density at radius 1 is 1.41 bits per heavy atom. The predicted molar refractivity (Wildman–Crippen MR) is 64.5 cm³/mol. The second-order valence-electron chi connectivity index (χ2n) is 4.57. The highest BCUT2D eigenvalue weighted by atomic mass is 16.5. The number of amides is 1. The van der Waals surface area contributed by atoms with Crippen LogP contribution in [0.15, 0.2) is 0 Å². The van der Waals surface area contributed by atoms with Crippen molar-refractivity contribution in [2.24, 2.45) is 5.92 Å². The third-order valence-corrected chi connectivity index (χ3v) is 3.28. The molecule has 0 aromatic rings. The molecule has 5 heteroatoms. The molecule has 0 bridgehead atoms. The number of nitrogens with one attached hydrogen (secondary N) is 1. The minimum atomic E-state index is -0.667. The van der Waals surface area contributed by atoms with Crippen molar-refractivity contribution in [3.8, 4) is 0 Å². The third kappa shape index (κ3) is 4.00. The Bertz CT molecular complexity index is 273. The molecule has 5 nitrogen and oxygen atoms in total. The maximum atomic E-state index is 11.9. The van der Waals surface area contributed by atoms with Crippen molar-refractivity contribution in [3.63, 3.8) is 0 Å². The molecule has 1 aliphatic rings. The number of nitrogens with zero attached hydrogens (tertiary/aromatic N) is 1. The van der Waals surface area contributed by atoms with Crippen LogP contribution in [0.2, 0.25) is 0 Å². The molecule has 1 amide bonds. The predicted octanol–water partition coefficient (Wildman–Crippen LogP) is 0.396. The van der Waals surface area contributed by atoms with Crippen LogP contribution in [0.25, 0.3) is 0 Å². The maximum Gasteiger partial charge on any atom is 0.318 e. The minimum Gasteiger partial charge on any atom is -0.468 e. The number of likely N-dealkylation sites (tertiary alicyclic amines) is 1. The zero-order chi connectivity index (χ0) is 12.8. The summed E-state index contributed by atoms with van der Waals surface area (Å²) in [6.45, 7) is 3.79. The van der Waals surface area contributed by atoms with Crippen molar-refractivity contribution in [1.82, 2.24) is 10.2 Å². The Labute approximate surface area is 102 Å². The lowest BCUT2D eigenvalue weighted by Crippen LogP contribution is -2.46. The molecule has 1 saturated heterocycles. The van der Waals surface area contributed by atoms with E-state index >= 15 is 0 Å². The number of esters is 1. The fourth-order valence-corrected chi connectivity index (χ4v) is 2.06. The SMILES string of the molecule is CCC(C(=O)NC1CCN(C)CC1)C(=O)OC. The largest absolute Gasteiger partial charge is 0.468 e. The second-order valence-corrected chi connectivity index (χ2v) is 4.57. The van der Waals surface area contributed by atoms with Gasteiger partial charge in [0.2, 0.25) is 5.91 Å². The molecule has 1 rings (SSSR count). The van der Waals surface area contributed by atoms with Crippen molar-refractivity contribution in [2.75, 3.05) is 27.2 Å². The fraction of sp³-hybridized carbons (Fsp3) is 0.833. The van der Waals surface area contributed by atoms with Crippen LogP contribution in [0, 0.1) is 5.92 Å². The Morgan fingerprint density at radius 2 is 2.00 bits per heavy atom. The molecule has 1 fully saturated rings. The van der Waals surface area contributed by atoms with E-state index in [1.807, 2.05) is 6.92 Å². The molecule has 0 aliphatic carbocycles. The quantitative estimate of drug-likeness (QED) is 0.572. The monoisotopic (exact) mass is 242 g/mol. The minimum absolute atomic E-state index is 0.192. The average Bonchev–Trinajstić information content (AvgIpc) is 2.32. The van der Waals surface area contributed by atoms with E-state index in [-0.39, 0.29) is 11.9 Å². The van der Waals surface area contributed by atoms with Crippen LogP contribution in [-0.2, 0) is 14.3 Å². The van der Waals surface area contributed by atoms with Crippen LogP contribution in [0.4, 0.5) is 0 Å². The summed E-state index contributed by atoms with van der Waals surface area (Å²) in [5, 5.41) is 2.94. The molecule has 0 aromatic carbocycles. The van der Waals surface area contributed by atoms with Gasteiger partial charge in [0.25, 0.3) is 0 Å². The molecule has 98 valence electrons. The molecule has 1 unspecified atom stereocenters. The van der Waals surface area contributed by atoms with Gasteiger partial charge in [0, 0.05) is 6.04 Å². The Hall–Kier alpha value is -1.10. The Balaban J connectivity index is 2.44. The van der Waals surface area contributed by atoms with Gasteiger partial charge in [0.1, 0.15) is 5.92 Å². The van der Waals surface area contributed by atoms with Gasteiger partial charge in [-0.2, -0.15) is 0 Å². The lowest BCUT2D eigenvalue weighted by Gasteiger charge is -2.30. The summed E-state index contributed by atoms with van der Waals surface area (Å²) in [6.07, 6.45) is 2.37. The number of methoxy groups -OCH3 is 1. The van der Waals surface area contributed by atoms with Gasteiger partial charge in [-0.15, -0.1) is 0 Å². The summed E-state index contributed by atoms with van der Waals surface area (Å²) in [5.74, 6) is -1.31. The summed E-state index contributed by atoms with van der Waals surface area (Å²) >= 11 is 0. The number of hydrogen-bond donors (Lipinski definition) is 1. The molecular weight excluding hydrogens is 220 g/mol. The molecule has 1 atom stereocenters. The molecule has 0 aromatic heterocycles. The van der Waals surface area contributed by atoms with Crippen LogP contribution in [0.1, 0.15) is 26.2 Å². The topological polar surface area (TPSA) is 58.6 Å². The summed E-state index contributed by atoms with van der Waals surface area (Å²) in [6, 6.07) is 0.192. The normalized spacial score (nSPS) is 19.7. The van der Waals surface area contributed by atoms with E-state index in [4.69, 9.17) is 0 Å². The molecule has 0 radical (unpaired) electrons. The van der Waals surface area contributed by atoms with Crippen molar-refractivity contribution in [2.45, 2.75) is 32.2 Å². The first-order chi connectivity index (χ1) is 8.08. The molecule has 1 N–H and O–H groups in total. The molecular formula is C12H22N2O3. The Kier molecular flexibility index (Phi) is 5.41. The summed E-state index contributed by atoms with van der Waals surface area (Å²) < 4.78 is 4.62. The van der Waals surface area contributed by atoms with Crippen LogP contribution >= 0.6 is 0 Å². The zero-order valence-corrected chi connectivity index (χ0v) is 10.9. The van der Waals surface area contributed by atoms with E-state index in [1.54, 1.807) is 0 Å². The first-order valence-electron chi connectivity index (χ1n) is 6.15. The molecule has 0 spiro atoms. The van der Waals surface area contributed by atoms with E-state index in [1.165, 1.54) is 7.11 Å². The summed E-state index contributed by atoms with van der Waals surface area (Å²) in [4.78, 5) is 25.5. The highest BCUT2D eigenvalue weighted by Crippen LogP contribution is 2.11. The van der Waals surface area contributed by atoms with E-state index in [9.17, 15) is 9.59 Å². The van der Waals surface area contributed by atoms with Gasteiger partial charge in [0.05, 0.1) is 7.11 Å². The van der Waals surface area contributed by atoms with E-state index in [0.29, 0.717) is 6.42 Å². The first kappa shape index (κ1) is 14.0. The number of piperidine rings is 1. The van der Waals surface area contributed by atoms with Gasteiger partial charge in [-0.1, -0.05) is 6.92 Å². The highest BCUT2D eigenvalue weighted by molar-refractivity contribution is 5.97. The van der Waals surface area contributed by atoms with Gasteiger partial charge in [-0.25, -0.2) is 0 Å². The maximum absolute atomic E-state index is 11.9. The smallest absolute Gasteiger partial charge is 0.318 e. The number of ether oxygens (including phenoxy) is 1. The van der Waals surface area contributed by atoms with Crippen LogP contribution in [0.5, 0.6) is 0 Å². The van der Waals surface area contributed by atoms with Crippen molar-refractivity contribution < 1.29 is 14.3 Å². The Morgan fingerprint density at radius 3 is 2.47 bits per heavy atom. The number of carbonyl (C=O) groups excluding carboxylic acids is 2. The summed E-state index contributed by atoms with van der Waals surface area (Å²) in [7, 11) is 3.38. The molecule has 17 heavy (non-hydrogen) atoms. The molecule has 1 heterocycles. The van der Waals surface area contributed by atoms with E-state index in [0.717, 1.165) is 25.9 Å². The fourth-order valence-electron chi connectivity index (χ4n) is 2.06. The zero-order valence-electron chi connectivity index (χ0n) is 10.9. The van der Waals surface area contributed by atoms with Crippen molar-refractivity contribution in [1.29, 1.82) is 0 Å². The van der Waals surface area contributed by atoms with Crippen LogP contribution < -0.4 is 5.32 Å². The van der Waals surface area contributed by atoms with Crippen molar-refractivity contribution in [3.05, 3.63) is 0 Å². The van der Waals surface area contributed by atoms with E-state index in [2.05, 4.69) is 22.0 Å². The lowest BCUT2D eigenvalue weighted by atomic mass is 10.0. The van der Waals surface area contributed by atoms with Gasteiger partial charge < -0.3 is 15.0 Å². The van der Waals surface area contributed by atoms with Crippen LogP contribution in [0.3, 0.4) is 0 Å². The van der Waals surface area contributed by atoms with Gasteiger partial charge in [-0.05, 0) is 39.4 Å². The number of carbonyl (C=O) groups is 2. The third-order valence-electron chi connectivity index (χ3n) is 3.28. The van der Waals surface area contributed by atoms with E-state index < -0.39 is 11.9 Å². The van der Waals surface area contributed by atoms with Gasteiger partial charge >= 0.3 is 5.97 Å². The van der Waals surface area contributed by atoms with Crippen molar-refractivity contribution >= 4 is 11.9 Å².